The number of fused-ring (bicyclic) bond motifs is 2. The van der Waals surface area contributed by atoms with Crippen LogP contribution in [0.15, 0.2) is 36.8 Å². The van der Waals surface area contributed by atoms with E-state index in [4.69, 9.17) is 15.5 Å². The maximum Gasteiger partial charge on any atom is 0.165 e. The zero-order valence-electron chi connectivity index (χ0n) is 24.7. The van der Waals surface area contributed by atoms with Crippen LogP contribution in [0.25, 0.3) is 22.2 Å². The number of nitrogens with one attached hydrogen (secondary N) is 1. The van der Waals surface area contributed by atoms with Crippen LogP contribution < -0.4 is 5.73 Å². The largest absolute Gasteiger partial charge is 0.397 e. The number of nitrogen functional groups attached to an aromatic ring is 1. The molecular weight excluding hydrogens is 518 g/mol. The number of benzene rings is 1. The van der Waals surface area contributed by atoms with Crippen molar-refractivity contribution in [2.24, 2.45) is 5.92 Å². The maximum absolute atomic E-state index is 10.9. The van der Waals surface area contributed by atoms with E-state index >= 15 is 0 Å². The lowest BCUT2D eigenvalue weighted by Crippen LogP contribution is -2.52. The summed E-state index contributed by atoms with van der Waals surface area (Å²) in [6.07, 6.45) is 4.02. The first-order valence-electron chi connectivity index (χ1n) is 14.8. The molecule has 5 N–H and O–H groups in total. The van der Waals surface area contributed by atoms with Gasteiger partial charge < -0.3 is 25.7 Å². The zero-order valence-corrected chi connectivity index (χ0v) is 24.7. The lowest BCUT2D eigenvalue weighted by atomic mass is 9.76. The van der Waals surface area contributed by atoms with Gasteiger partial charge in [0.15, 0.2) is 11.9 Å². The molecule has 1 saturated carbocycles. The van der Waals surface area contributed by atoms with Crippen molar-refractivity contribution < 1.29 is 14.9 Å². The van der Waals surface area contributed by atoms with Gasteiger partial charge in [-0.3, -0.25) is 9.47 Å². The Kier molecular flexibility index (Phi) is 7.30. The van der Waals surface area contributed by atoms with E-state index in [1.807, 2.05) is 0 Å². The third-order valence-electron chi connectivity index (χ3n) is 9.02. The Morgan fingerprint density at radius 1 is 1.15 bits per heavy atom. The van der Waals surface area contributed by atoms with Crippen molar-refractivity contribution in [2.75, 3.05) is 12.3 Å². The van der Waals surface area contributed by atoms with E-state index in [0.717, 1.165) is 42.5 Å². The van der Waals surface area contributed by atoms with Crippen LogP contribution in [-0.2, 0) is 16.6 Å². The van der Waals surface area contributed by atoms with Crippen LogP contribution in [-0.4, -0.2) is 76.6 Å². The highest BCUT2D eigenvalue weighted by Crippen LogP contribution is 2.38. The quantitative estimate of drug-likeness (QED) is 0.254. The Balaban J connectivity index is 1.06. The van der Waals surface area contributed by atoms with Gasteiger partial charge in [0.1, 0.15) is 29.7 Å². The Labute approximate surface area is 240 Å². The molecule has 3 aromatic heterocycles. The van der Waals surface area contributed by atoms with Crippen LogP contribution in [0.2, 0.25) is 0 Å². The molecule has 4 atom stereocenters. The minimum atomic E-state index is -1.09. The summed E-state index contributed by atoms with van der Waals surface area (Å²) in [7, 11) is 0. The standard InChI is InChI=1S/C31H43N7O3/c1-17(2)37(15-24-27(39)28(40)30(41-24)38-16-34-26-21(32)10-11-33-29(26)38)20-12-18(13-20)6-9-25-35-22-8-7-19(31(3,4)5)14-23(22)36-25/h7-8,10-11,14,16-18,20,24,27-28,30,39-40H,6,9,12-13,15H2,1-5H3,(H2,32,33)(H,35,36)/t18-,20-,24-,27-,28-,30-/m1/s1. The molecule has 1 saturated heterocycles. The zero-order chi connectivity index (χ0) is 29.1. The number of nitrogens with zero attached hydrogens (tertiary/aromatic N) is 5. The fourth-order valence-electron chi connectivity index (χ4n) is 6.43. The van der Waals surface area contributed by atoms with E-state index in [9.17, 15) is 10.2 Å². The van der Waals surface area contributed by atoms with Crippen LogP contribution in [0.4, 0.5) is 5.69 Å². The van der Waals surface area contributed by atoms with Crippen molar-refractivity contribution in [2.45, 2.75) is 102 Å². The number of anilines is 1. The number of aliphatic hydroxyl groups excluding tert-OH is 2. The number of aromatic amines is 1. The van der Waals surface area contributed by atoms with Crippen molar-refractivity contribution in [3.05, 3.63) is 48.2 Å². The topological polar surface area (TPSA) is 138 Å². The molecule has 0 unspecified atom stereocenters. The third-order valence-corrected chi connectivity index (χ3v) is 9.02. The molecule has 2 fully saturated rings. The van der Waals surface area contributed by atoms with Crippen molar-refractivity contribution in [1.82, 2.24) is 29.4 Å². The van der Waals surface area contributed by atoms with Crippen LogP contribution >= 0.6 is 0 Å². The summed E-state index contributed by atoms with van der Waals surface area (Å²) < 4.78 is 7.92. The molecule has 4 heterocycles. The van der Waals surface area contributed by atoms with E-state index in [1.54, 1.807) is 23.2 Å². The highest BCUT2D eigenvalue weighted by molar-refractivity contribution is 5.83. The minimum Gasteiger partial charge on any atom is -0.397 e. The summed E-state index contributed by atoms with van der Waals surface area (Å²) >= 11 is 0. The van der Waals surface area contributed by atoms with Gasteiger partial charge >= 0.3 is 0 Å². The Hall–Kier alpha value is -3.05. The summed E-state index contributed by atoms with van der Waals surface area (Å²) in [5, 5.41) is 21.9. The summed E-state index contributed by atoms with van der Waals surface area (Å²) in [6.45, 7) is 11.6. The number of ether oxygens (including phenoxy) is 1. The number of nitrogens with two attached hydrogens (primary N) is 1. The fraction of sp³-hybridized carbons (Fsp3) is 0.581. The number of hydrogen-bond acceptors (Lipinski definition) is 8. The average Bonchev–Trinajstić information content (AvgIpc) is 3.58. The van der Waals surface area contributed by atoms with Gasteiger partial charge in [-0.15, -0.1) is 0 Å². The van der Waals surface area contributed by atoms with Crippen molar-refractivity contribution in [1.29, 1.82) is 0 Å². The molecule has 1 aromatic carbocycles. The number of rotatable bonds is 8. The number of aromatic nitrogens is 5. The van der Waals surface area contributed by atoms with Gasteiger partial charge in [0.25, 0.3) is 0 Å². The van der Waals surface area contributed by atoms with Crippen molar-refractivity contribution >= 4 is 27.9 Å². The normalized spacial score (nSPS) is 27.0. The van der Waals surface area contributed by atoms with Crippen LogP contribution in [0.3, 0.4) is 0 Å². The van der Waals surface area contributed by atoms with Gasteiger partial charge in [-0.25, -0.2) is 15.0 Å². The number of aryl methyl sites for hydroxylation is 1. The lowest BCUT2D eigenvalue weighted by molar-refractivity contribution is -0.0620. The van der Waals surface area contributed by atoms with Gasteiger partial charge in [0.2, 0.25) is 0 Å². The number of pyridine rings is 1. The van der Waals surface area contributed by atoms with Crippen LogP contribution in [0, 0.1) is 5.92 Å². The molecule has 10 heteroatoms. The third kappa shape index (κ3) is 5.34. The van der Waals surface area contributed by atoms with Crippen LogP contribution in [0.1, 0.15) is 71.5 Å². The number of imidazole rings is 2. The number of hydrogen-bond donors (Lipinski definition) is 4. The Bertz CT molecular complexity index is 1520. The molecule has 0 amide bonds. The average molecular weight is 562 g/mol. The van der Waals surface area contributed by atoms with Gasteiger partial charge in [0.05, 0.1) is 23.0 Å². The molecule has 0 radical (unpaired) electrons. The highest BCUT2D eigenvalue weighted by atomic mass is 16.6. The molecule has 0 spiro atoms. The van der Waals surface area contributed by atoms with Crippen molar-refractivity contribution in [3.8, 4) is 0 Å². The second-order valence-electron chi connectivity index (χ2n) is 13.3. The first-order chi connectivity index (χ1) is 19.5. The van der Waals surface area contributed by atoms with E-state index in [0.29, 0.717) is 35.4 Å². The van der Waals surface area contributed by atoms with E-state index in [2.05, 4.69) is 72.7 Å². The van der Waals surface area contributed by atoms with E-state index in [1.165, 1.54) is 5.56 Å². The highest BCUT2D eigenvalue weighted by Gasteiger charge is 2.46. The van der Waals surface area contributed by atoms with Crippen molar-refractivity contribution in [3.63, 3.8) is 0 Å². The molecule has 220 valence electrons. The summed E-state index contributed by atoms with van der Waals surface area (Å²) in [5.74, 6) is 1.70. The second kappa shape index (κ2) is 10.7. The summed E-state index contributed by atoms with van der Waals surface area (Å²) in [5.41, 5.74) is 11.2. The lowest BCUT2D eigenvalue weighted by Gasteiger charge is -2.46. The molecule has 10 nitrogen and oxygen atoms in total. The molecule has 41 heavy (non-hydrogen) atoms. The summed E-state index contributed by atoms with van der Waals surface area (Å²) in [4.78, 5) is 19.5. The molecule has 6 rings (SSSR count). The minimum absolute atomic E-state index is 0.106. The SMILES string of the molecule is CC(C)N(C[C@H]1O[C@@H](n2cnc3c(N)ccnc32)[C@H](O)[C@@H]1O)[C@H]1C[C@H](CCc2nc3cc(C(C)(C)C)ccc3[nH]2)C1. The fourth-order valence-corrected chi connectivity index (χ4v) is 6.43. The van der Waals surface area contributed by atoms with E-state index < -0.39 is 24.5 Å². The smallest absolute Gasteiger partial charge is 0.165 e. The predicted molar refractivity (Wildman–Crippen MR) is 159 cm³/mol. The second-order valence-corrected chi connectivity index (χ2v) is 13.3. The molecule has 1 aliphatic heterocycles. The molecule has 2 aliphatic rings. The van der Waals surface area contributed by atoms with E-state index in [-0.39, 0.29) is 11.5 Å². The molecular formula is C31H43N7O3. The molecule has 4 aromatic rings. The number of H-pyrrole nitrogens is 1. The molecule has 1 aliphatic carbocycles. The van der Waals surface area contributed by atoms with Crippen LogP contribution in [0.5, 0.6) is 0 Å². The van der Waals surface area contributed by atoms with Gasteiger partial charge in [-0.05, 0) is 68.2 Å². The predicted octanol–water partition coefficient (Wildman–Crippen LogP) is 3.93. The Morgan fingerprint density at radius 3 is 2.66 bits per heavy atom. The first kappa shape index (κ1) is 28.1. The summed E-state index contributed by atoms with van der Waals surface area (Å²) in [6, 6.07) is 8.95. The maximum atomic E-state index is 10.9. The Morgan fingerprint density at radius 2 is 1.93 bits per heavy atom. The molecule has 0 bridgehead atoms. The first-order valence-corrected chi connectivity index (χ1v) is 14.8. The van der Waals surface area contributed by atoms with Gasteiger partial charge in [0, 0.05) is 31.2 Å². The monoisotopic (exact) mass is 561 g/mol. The van der Waals surface area contributed by atoms with Gasteiger partial charge in [-0.1, -0.05) is 26.8 Å². The number of aliphatic hydroxyl groups is 2. The van der Waals surface area contributed by atoms with Gasteiger partial charge in [-0.2, -0.15) is 0 Å².